The second kappa shape index (κ2) is 10.4. The predicted molar refractivity (Wildman–Crippen MR) is 118 cm³/mol. The van der Waals surface area contributed by atoms with E-state index in [0.29, 0.717) is 19.3 Å². The van der Waals surface area contributed by atoms with E-state index >= 15 is 0 Å². The van der Waals surface area contributed by atoms with E-state index in [-0.39, 0.29) is 24.6 Å². The molecule has 10 nitrogen and oxygen atoms in total. The van der Waals surface area contributed by atoms with Gasteiger partial charge in [0, 0.05) is 18.9 Å². The Balaban J connectivity index is 1.85. The lowest BCUT2D eigenvalue weighted by Crippen LogP contribution is -2.56. The molecular weight excluding hydrogens is 430 g/mol. The average Bonchev–Trinajstić information content (AvgIpc) is 3.30. The molecule has 2 heterocycles. The van der Waals surface area contributed by atoms with Gasteiger partial charge in [-0.15, -0.1) is 0 Å². The first-order valence-corrected chi connectivity index (χ1v) is 11.4. The third kappa shape index (κ3) is 5.73. The maximum Gasteiger partial charge on any atom is 0.412 e. The van der Waals surface area contributed by atoms with E-state index in [9.17, 15) is 24.3 Å². The molecule has 3 aliphatic rings. The highest BCUT2D eigenvalue weighted by Crippen LogP contribution is 2.46. The number of ether oxygens (including phenoxy) is 2. The smallest absolute Gasteiger partial charge is 0.412 e. The molecule has 1 saturated carbocycles. The Hall–Kier alpha value is -2.88. The number of aliphatic hydroxyl groups excluding tert-OH is 1. The van der Waals surface area contributed by atoms with E-state index in [0.717, 1.165) is 19.3 Å². The van der Waals surface area contributed by atoms with Gasteiger partial charge in [-0.1, -0.05) is 31.6 Å². The molecule has 3 rings (SSSR count). The van der Waals surface area contributed by atoms with Gasteiger partial charge >= 0.3 is 12.1 Å². The second-order valence-corrected chi connectivity index (χ2v) is 9.01. The Kier molecular flexibility index (Phi) is 7.78. The van der Waals surface area contributed by atoms with E-state index in [2.05, 4.69) is 17.2 Å². The van der Waals surface area contributed by atoms with Crippen LogP contribution in [-0.2, 0) is 23.9 Å². The summed E-state index contributed by atoms with van der Waals surface area (Å²) in [6.45, 7) is 5.00. The fourth-order valence-corrected chi connectivity index (χ4v) is 4.58. The van der Waals surface area contributed by atoms with Crippen LogP contribution in [0.4, 0.5) is 4.79 Å². The first-order valence-electron chi connectivity index (χ1n) is 11.4. The van der Waals surface area contributed by atoms with Crippen LogP contribution >= 0.6 is 0 Å². The third-order valence-corrected chi connectivity index (χ3v) is 6.36. The summed E-state index contributed by atoms with van der Waals surface area (Å²) < 4.78 is 9.88. The molecule has 33 heavy (non-hydrogen) atoms. The number of carbonyl (C=O) groups is 4. The molecule has 182 valence electrons. The minimum Gasteiger partial charge on any atom is -0.467 e. The number of aliphatic hydroxyl groups is 1. The number of fused-ring (bicyclic) bond motifs is 2. The largest absolute Gasteiger partial charge is 0.467 e. The third-order valence-electron chi connectivity index (χ3n) is 6.36. The highest BCUT2D eigenvalue weighted by molar-refractivity contribution is 5.96. The Morgan fingerprint density at radius 1 is 1.30 bits per heavy atom. The second-order valence-electron chi connectivity index (χ2n) is 9.01. The van der Waals surface area contributed by atoms with Gasteiger partial charge in [-0.2, -0.15) is 0 Å². The molecule has 1 saturated heterocycles. The monoisotopic (exact) mass is 463 g/mol. The van der Waals surface area contributed by atoms with E-state index in [1.165, 1.54) is 18.9 Å². The normalized spacial score (nSPS) is 33.4. The zero-order chi connectivity index (χ0) is 24.2. The van der Waals surface area contributed by atoms with Crippen molar-refractivity contribution in [2.75, 3.05) is 13.7 Å². The van der Waals surface area contributed by atoms with Crippen LogP contribution in [0.2, 0.25) is 0 Å². The molecule has 0 aromatic heterocycles. The zero-order valence-electron chi connectivity index (χ0n) is 19.2. The topological polar surface area (TPSA) is 134 Å². The molecule has 0 aromatic rings. The van der Waals surface area contributed by atoms with Gasteiger partial charge in [-0.05, 0) is 32.6 Å². The van der Waals surface area contributed by atoms with Gasteiger partial charge < -0.3 is 30.1 Å². The number of nitrogens with one attached hydrogen (secondary N) is 2. The SMILES string of the molecule is C=C(C)OC(=O)N[C@H]1CCCCC/C=C\[C@@H]2C[C@@]2(C(=O)OC)NC(=O)[C@@H]2C[C@H](O)CN2C1=O. The van der Waals surface area contributed by atoms with E-state index < -0.39 is 47.6 Å². The van der Waals surface area contributed by atoms with E-state index in [1.807, 2.05) is 12.2 Å². The highest BCUT2D eigenvalue weighted by Gasteiger charge is 2.62. The van der Waals surface area contributed by atoms with Crippen molar-refractivity contribution >= 4 is 23.9 Å². The fraction of sp³-hybridized carbons (Fsp3) is 0.652. The number of methoxy groups -OCH3 is 1. The Morgan fingerprint density at radius 3 is 2.76 bits per heavy atom. The van der Waals surface area contributed by atoms with Gasteiger partial charge in [0.05, 0.1) is 19.0 Å². The van der Waals surface area contributed by atoms with Crippen LogP contribution in [0.15, 0.2) is 24.5 Å². The van der Waals surface area contributed by atoms with Crippen molar-refractivity contribution in [1.29, 1.82) is 0 Å². The number of nitrogens with zero attached hydrogens (tertiary/aromatic N) is 1. The molecule has 3 N–H and O–H groups in total. The summed E-state index contributed by atoms with van der Waals surface area (Å²) in [5.74, 6) is -1.53. The number of carbonyl (C=O) groups excluding carboxylic acids is 4. The average molecular weight is 464 g/mol. The van der Waals surface area contributed by atoms with Crippen LogP contribution in [0.5, 0.6) is 0 Å². The quantitative estimate of drug-likeness (QED) is 0.325. The highest BCUT2D eigenvalue weighted by atomic mass is 16.6. The zero-order valence-corrected chi connectivity index (χ0v) is 19.2. The van der Waals surface area contributed by atoms with Crippen molar-refractivity contribution in [1.82, 2.24) is 15.5 Å². The lowest BCUT2D eigenvalue weighted by molar-refractivity contribution is -0.148. The lowest BCUT2D eigenvalue weighted by atomic mass is 10.1. The van der Waals surface area contributed by atoms with Crippen molar-refractivity contribution in [3.05, 3.63) is 24.5 Å². The Labute approximate surface area is 193 Å². The predicted octanol–water partition coefficient (Wildman–Crippen LogP) is 1.14. The van der Waals surface area contributed by atoms with Crippen LogP contribution in [0.1, 0.15) is 51.9 Å². The van der Waals surface area contributed by atoms with Gasteiger partial charge in [0.1, 0.15) is 17.6 Å². The molecule has 10 heteroatoms. The van der Waals surface area contributed by atoms with Crippen LogP contribution < -0.4 is 10.6 Å². The van der Waals surface area contributed by atoms with Crippen LogP contribution in [0.25, 0.3) is 0 Å². The first kappa shape index (κ1) is 24.8. The molecule has 3 amide bonds. The summed E-state index contributed by atoms with van der Waals surface area (Å²) in [6, 6.07) is -1.88. The van der Waals surface area contributed by atoms with Gasteiger partial charge in [-0.3, -0.25) is 9.59 Å². The summed E-state index contributed by atoms with van der Waals surface area (Å²) in [6.07, 6.45) is 6.25. The number of rotatable bonds is 3. The summed E-state index contributed by atoms with van der Waals surface area (Å²) in [7, 11) is 1.27. The van der Waals surface area contributed by atoms with Gasteiger partial charge in [0.25, 0.3) is 0 Å². The molecule has 0 spiro atoms. The molecule has 5 atom stereocenters. The van der Waals surface area contributed by atoms with E-state index in [1.54, 1.807) is 0 Å². The van der Waals surface area contributed by atoms with Gasteiger partial charge in [-0.25, -0.2) is 9.59 Å². The number of hydrogen-bond acceptors (Lipinski definition) is 7. The number of allylic oxidation sites excluding steroid dienone is 2. The van der Waals surface area contributed by atoms with Gasteiger partial charge in [0.2, 0.25) is 11.8 Å². The van der Waals surface area contributed by atoms with Gasteiger partial charge in [0.15, 0.2) is 0 Å². The summed E-state index contributed by atoms with van der Waals surface area (Å²) in [5, 5.41) is 15.6. The fourth-order valence-electron chi connectivity index (χ4n) is 4.58. The van der Waals surface area contributed by atoms with Crippen molar-refractivity contribution in [3.8, 4) is 0 Å². The first-order chi connectivity index (χ1) is 15.7. The number of amides is 3. The van der Waals surface area contributed by atoms with Crippen molar-refractivity contribution in [3.63, 3.8) is 0 Å². The summed E-state index contributed by atoms with van der Waals surface area (Å²) in [4.78, 5) is 52.5. The summed E-state index contributed by atoms with van der Waals surface area (Å²) >= 11 is 0. The van der Waals surface area contributed by atoms with Crippen LogP contribution in [0, 0.1) is 5.92 Å². The molecule has 2 fully saturated rings. The van der Waals surface area contributed by atoms with Crippen molar-refractivity contribution < 1.29 is 33.8 Å². The number of esters is 1. The molecule has 0 bridgehead atoms. The number of hydrogen-bond donors (Lipinski definition) is 3. The Morgan fingerprint density at radius 2 is 2.06 bits per heavy atom. The Bertz CT molecular complexity index is 842. The maximum absolute atomic E-state index is 13.4. The summed E-state index contributed by atoms with van der Waals surface area (Å²) in [5.41, 5.74) is -1.16. The van der Waals surface area contributed by atoms with E-state index in [4.69, 9.17) is 9.47 Å². The molecule has 0 unspecified atom stereocenters. The standard InChI is InChI=1S/C23H33N3O7/c1-14(2)33-22(31)24-17-10-8-6-4-5-7-9-15-12-23(15,21(30)32-3)25-19(28)18-11-16(27)13-26(18)20(17)29/h7,9,15-18,27H,1,4-6,8,10-13H2,2-3H3,(H,24,31)(H,25,28)/b9-7-/t15-,16+,17+,18+,23-/m1/s1. The molecule has 1 aliphatic carbocycles. The lowest BCUT2D eigenvalue weighted by Gasteiger charge is -2.29. The minimum absolute atomic E-state index is 0.0399. The maximum atomic E-state index is 13.4. The van der Waals surface area contributed by atoms with Crippen molar-refractivity contribution in [2.45, 2.75) is 75.6 Å². The molecule has 0 aromatic carbocycles. The molecule has 2 aliphatic heterocycles. The molecule has 0 radical (unpaired) electrons. The minimum atomic E-state index is -1.16. The van der Waals surface area contributed by atoms with Crippen molar-refractivity contribution in [2.24, 2.45) is 5.92 Å². The van der Waals surface area contributed by atoms with Crippen LogP contribution in [-0.4, -0.2) is 71.3 Å². The number of alkyl carbamates (subject to hydrolysis) is 1. The van der Waals surface area contributed by atoms with Crippen LogP contribution in [0.3, 0.4) is 0 Å². The molecular formula is C23H33N3O7.